The van der Waals surface area contributed by atoms with Crippen molar-refractivity contribution in [2.75, 3.05) is 0 Å². The summed E-state index contributed by atoms with van der Waals surface area (Å²) in [5.74, 6) is 0.763. The number of benzene rings is 1. The summed E-state index contributed by atoms with van der Waals surface area (Å²) >= 11 is 1.57. The lowest BCUT2D eigenvalue weighted by molar-refractivity contribution is 0.482. The van der Waals surface area contributed by atoms with Crippen molar-refractivity contribution in [3.8, 4) is 5.75 Å². The summed E-state index contributed by atoms with van der Waals surface area (Å²) in [5, 5.41) is 10.6. The summed E-state index contributed by atoms with van der Waals surface area (Å²) in [7, 11) is 0. The Labute approximate surface area is 80.9 Å². The number of phenolic OH excluding ortho intramolecular Hbond substituents is 1. The van der Waals surface area contributed by atoms with Crippen molar-refractivity contribution >= 4 is 21.6 Å². The van der Waals surface area contributed by atoms with Crippen LogP contribution in [0.25, 0.3) is 10.2 Å². The third kappa shape index (κ3) is 1.40. The zero-order valence-corrected chi connectivity index (χ0v) is 8.43. The maximum Gasteiger partial charge on any atom is 0.135 e. The third-order valence-electron chi connectivity index (χ3n) is 1.90. The Morgan fingerprint density at radius 1 is 1.38 bits per heavy atom. The van der Waals surface area contributed by atoms with Gasteiger partial charge in [0.2, 0.25) is 0 Å². The summed E-state index contributed by atoms with van der Waals surface area (Å²) in [6.07, 6.45) is 0. The quantitative estimate of drug-likeness (QED) is 0.754. The Bertz CT molecular complexity index is 433. The number of phenols is 1. The number of aromatic nitrogens is 1. The Hall–Kier alpha value is -1.09. The zero-order chi connectivity index (χ0) is 9.42. The van der Waals surface area contributed by atoms with Gasteiger partial charge in [0.1, 0.15) is 5.75 Å². The van der Waals surface area contributed by atoms with E-state index in [1.165, 1.54) is 0 Å². The first-order chi connectivity index (χ1) is 6.18. The molecule has 0 spiro atoms. The van der Waals surface area contributed by atoms with Crippen LogP contribution in [0.1, 0.15) is 24.8 Å². The smallest absolute Gasteiger partial charge is 0.135 e. The van der Waals surface area contributed by atoms with Crippen LogP contribution in [0.5, 0.6) is 5.75 Å². The molecule has 0 fully saturated rings. The number of nitrogens with zero attached hydrogens (tertiary/aromatic N) is 1. The molecule has 2 rings (SSSR count). The summed E-state index contributed by atoms with van der Waals surface area (Å²) in [6.45, 7) is 4.21. The molecule has 1 heterocycles. The monoisotopic (exact) mass is 193 g/mol. The van der Waals surface area contributed by atoms with E-state index in [0.29, 0.717) is 11.7 Å². The van der Waals surface area contributed by atoms with Gasteiger partial charge in [-0.05, 0) is 12.1 Å². The molecule has 1 aromatic heterocycles. The fourth-order valence-corrected chi connectivity index (χ4v) is 2.18. The fourth-order valence-electron chi connectivity index (χ4n) is 1.20. The molecule has 2 nitrogen and oxygen atoms in total. The lowest BCUT2D eigenvalue weighted by Gasteiger charge is -1.94. The van der Waals surface area contributed by atoms with Crippen molar-refractivity contribution in [3.05, 3.63) is 23.2 Å². The molecule has 13 heavy (non-hydrogen) atoms. The Kier molecular flexibility index (Phi) is 1.96. The second kappa shape index (κ2) is 3.00. The lowest BCUT2D eigenvalue weighted by Crippen LogP contribution is -1.82. The number of thiazole rings is 1. The van der Waals surface area contributed by atoms with Gasteiger partial charge in [0.25, 0.3) is 0 Å². The minimum atomic E-state index is 0.335. The van der Waals surface area contributed by atoms with Crippen LogP contribution >= 0.6 is 11.3 Å². The molecule has 0 saturated heterocycles. The molecule has 0 amide bonds. The van der Waals surface area contributed by atoms with Crippen molar-refractivity contribution in [1.82, 2.24) is 4.98 Å². The van der Waals surface area contributed by atoms with Gasteiger partial charge >= 0.3 is 0 Å². The van der Waals surface area contributed by atoms with E-state index in [1.807, 2.05) is 12.1 Å². The van der Waals surface area contributed by atoms with Crippen LogP contribution in [-0.4, -0.2) is 10.1 Å². The van der Waals surface area contributed by atoms with Gasteiger partial charge in [0.15, 0.2) is 0 Å². The summed E-state index contributed by atoms with van der Waals surface area (Å²) in [4.78, 5) is 4.43. The first-order valence-corrected chi connectivity index (χ1v) is 5.08. The van der Waals surface area contributed by atoms with Crippen LogP contribution in [0.4, 0.5) is 0 Å². The lowest BCUT2D eigenvalue weighted by atomic mass is 10.2. The van der Waals surface area contributed by atoms with E-state index in [-0.39, 0.29) is 0 Å². The van der Waals surface area contributed by atoms with Crippen molar-refractivity contribution in [2.24, 2.45) is 0 Å². The van der Waals surface area contributed by atoms with Gasteiger partial charge in [0.05, 0.1) is 15.2 Å². The Morgan fingerprint density at radius 3 is 2.77 bits per heavy atom. The van der Waals surface area contributed by atoms with E-state index in [9.17, 15) is 5.11 Å². The van der Waals surface area contributed by atoms with Gasteiger partial charge in [-0.25, -0.2) is 4.98 Å². The van der Waals surface area contributed by atoms with Gasteiger partial charge in [0, 0.05) is 5.92 Å². The number of hydrogen-bond acceptors (Lipinski definition) is 3. The highest BCUT2D eigenvalue weighted by Gasteiger charge is 2.09. The van der Waals surface area contributed by atoms with Crippen LogP contribution in [0.15, 0.2) is 18.2 Å². The van der Waals surface area contributed by atoms with Gasteiger partial charge < -0.3 is 5.11 Å². The van der Waals surface area contributed by atoms with E-state index >= 15 is 0 Å². The number of fused-ring (bicyclic) bond motifs is 1. The topological polar surface area (TPSA) is 33.1 Å². The summed E-state index contributed by atoms with van der Waals surface area (Å²) in [5.41, 5.74) is 0.897. The van der Waals surface area contributed by atoms with Crippen molar-refractivity contribution in [1.29, 1.82) is 0 Å². The summed E-state index contributed by atoms with van der Waals surface area (Å²) < 4.78 is 0.895. The van der Waals surface area contributed by atoms with Crippen LogP contribution in [0.3, 0.4) is 0 Å². The fraction of sp³-hybridized carbons (Fsp3) is 0.300. The first kappa shape index (κ1) is 8.51. The number of hydrogen-bond donors (Lipinski definition) is 1. The van der Waals surface area contributed by atoms with Crippen molar-refractivity contribution in [2.45, 2.75) is 19.8 Å². The average molecular weight is 193 g/mol. The van der Waals surface area contributed by atoms with E-state index in [0.717, 1.165) is 15.2 Å². The molecule has 0 radical (unpaired) electrons. The Balaban J connectivity index is 2.68. The molecule has 0 aliphatic rings. The maximum absolute atomic E-state index is 9.54. The van der Waals surface area contributed by atoms with Gasteiger partial charge in [-0.2, -0.15) is 0 Å². The van der Waals surface area contributed by atoms with Crippen molar-refractivity contribution in [3.63, 3.8) is 0 Å². The molecule has 1 N–H and O–H groups in total. The first-order valence-electron chi connectivity index (χ1n) is 4.27. The molecular formula is C10H11NOS. The normalized spacial score (nSPS) is 11.3. The third-order valence-corrected chi connectivity index (χ3v) is 3.30. The molecule has 0 aliphatic heterocycles. The highest BCUT2D eigenvalue weighted by molar-refractivity contribution is 7.19. The number of aromatic hydroxyl groups is 1. The average Bonchev–Trinajstić information content (AvgIpc) is 2.49. The second-order valence-corrected chi connectivity index (χ2v) is 4.36. The Morgan fingerprint density at radius 2 is 2.15 bits per heavy atom. The molecule has 2 aromatic rings. The second-order valence-electron chi connectivity index (χ2n) is 3.33. The SMILES string of the molecule is CC(C)c1nc2cccc(O)c2s1. The van der Waals surface area contributed by atoms with E-state index in [4.69, 9.17) is 0 Å². The molecule has 3 heteroatoms. The van der Waals surface area contributed by atoms with Gasteiger partial charge in [-0.15, -0.1) is 11.3 Å². The standard InChI is InChI=1S/C10H11NOS/c1-6(2)10-11-7-4-3-5-8(12)9(7)13-10/h3-6,12H,1-2H3. The predicted molar refractivity (Wildman–Crippen MR) is 55.4 cm³/mol. The molecular weight excluding hydrogens is 182 g/mol. The van der Waals surface area contributed by atoms with Crippen LogP contribution in [0.2, 0.25) is 0 Å². The largest absolute Gasteiger partial charge is 0.506 e. The minimum Gasteiger partial charge on any atom is -0.506 e. The van der Waals surface area contributed by atoms with E-state index in [2.05, 4.69) is 18.8 Å². The maximum atomic E-state index is 9.54. The predicted octanol–water partition coefficient (Wildman–Crippen LogP) is 3.13. The highest BCUT2D eigenvalue weighted by atomic mass is 32.1. The van der Waals surface area contributed by atoms with Gasteiger partial charge in [-0.1, -0.05) is 19.9 Å². The highest BCUT2D eigenvalue weighted by Crippen LogP contribution is 2.32. The van der Waals surface area contributed by atoms with E-state index in [1.54, 1.807) is 17.4 Å². The molecule has 0 unspecified atom stereocenters. The molecule has 1 aromatic carbocycles. The van der Waals surface area contributed by atoms with E-state index < -0.39 is 0 Å². The minimum absolute atomic E-state index is 0.335. The molecule has 0 aliphatic carbocycles. The molecule has 0 bridgehead atoms. The summed E-state index contributed by atoms with van der Waals surface area (Å²) in [6, 6.07) is 5.45. The van der Waals surface area contributed by atoms with Crippen molar-refractivity contribution < 1.29 is 5.11 Å². The zero-order valence-electron chi connectivity index (χ0n) is 7.61. The molecule has 0 saturated carbocycles. The molecule has 68 valence electrons. The number of rotatable bonds is 1. The van der Waals surface area contributed by atoms with Gasteiger partial charge in [-0.3, -0.25) is 0 Å². The van der Waals surface area contributed by atoms with Crippen LogP contribution < -0.4 is 0 Å². The van der Waals surface area contributed by atoms with Crippen LogP contribution in [0, 0.1) is 0 Å². The van der Waals surface area contributed by atoms with Crippen LogP contribution in [-0.2, 0) is 0 Å². The molecule has 0 atom stereocenters.